The highest BCUT2D eigenvalue weighted by Gasteiger charge is 2.18. The third-order valence-corrected chi connectivity index (χ3v) is 6.59. The molecule has 2 heterocycles. The van der Waals surface area contributed by atoms with Crippen molar-refractivity contribution in [2.45, 2.75) is 52.1 Å². The monoisotopic (exact) mass is 372 g/mol. The van der Waals surface area contributed by atoms with Crippen molar-refractivity contribution in [1.82, 2.24) is 9.55 Å². The van der Waals surface area contributed by atoms with E-state index in [1.165, 1.54) is 4.88 Å². The molecule has 3 nitrogen and oxygen atoms in total. The highest BCUT2D eigenvalue weighted by atomic mass is 32.2. The van der Waals surface area contributed by atoms with E-state index in [2.05, 4.69) is 39.8 Å². The van der Waals surface area contributed by atoms with Gasteiger partial charge in [0, 0.05) is 10.6 Å². The Morgan fingerprint density at radius 1 is 1.20 bits per heavy atom. The number of nitrogens with zero attached hydrogens (tertiary/aromatic N) is 2. The molecule has 0 amide bonds. The van der Waals surface area contributed by atoms with Gasteiger partial charge in [0.2, 0.25) is 0 Å². The molecule has 0 unspecified atom stereocenters. The summed E-state index contributed by atoms with van der Waals surface area (Å²) in [6.45, 7) is 8.43. The average molecular weight is 373 g/mol. The van der Waals surface area contributed by atoms with Gasteiger partial charge in [0.25, 0.3) is 5.56 Å². The Balaban J connectivity index is 2.30. The van der Waals surface area contributed by atoms with Crippen LogP contribution in [0.3, 0.4) is 0 Å². The summed E-state index contributed by atoms with van der Waals surface area (Å²) in [6, 6.07) is 8.10. The Kier molecular flexibility index (Phi) is 5.64. The minimum Gasteiger partial charge on any atom is -0.268 e. The van der Waals surface area contributed by atoms with Gasteiger partial charge in [-0.1, -0.05) is 44.2 Å². The van der Waals surface area contributed by atoms with Crippen LogP contribution in [0.5, 0.6) is 0 Å². The van der Waals surface area contributed by atoms with Gasteiger partial charge in [0.05, 0.1) is 11.1 Å². The molecule has 0 fully saturated rings. The predicted octanol–water partition coefficient (Wildman–Crippen LogP) is 5.52. The number of aryl methyl sites for hydroxylation is 3. The zero-order valence-corrected chi connectivity index (χ0v) is 16.9. The molecule has 5 heteroatoms. The van der Waals surface area contributed by atoms with Gasteiger partial charge in [-0.25, -0.2) is 4.98 Å². The number of rotatable bonds is 6. The molecule has 0 aliphatic carbocycles. The highest BCUT2D eigenvalue weighted by molar-refractivity contribution is 7.99. The molecule has 0 N–H and O–H groups in total. The lowest BCUT2D eigenvalue weighted by Gasteiger charge is -2.12. The van der Waals surface area contributed by atoms with Crippen LogP contribution in [-0.2, 0) is 6.42 Å². The standard InChI is InChI=1S/C20H24N2OS2/c1-5-8-16-14(4)17-18(25-16)21-20(24-11-6-2)22(19(17)23)15-10-7-9-13(3)12-15/h7,9-10,12H,5-6,8,11H2,1-4H3. The van der Waals surface area contributed by atoms with Gasteiger partial charge >= 0.3 is 0 Å². The molecule has 0 atom stereocenters. The summed E-state index contributed by atoms with van der Waals surface area (Å²) in [6.07, 6.45) is 3.14. The zero-order valence-electron chi connectivity index (χ0n) is 15.3. The fraction of sp³-hybridized carbons (Fsp3) is 0.400. The van der Waals surface area contributed by atoms with E-state index in [4.69, 9.17) is 4.98 Å². The normalized spacial score (nSPS) is 11.4. The van der Waals surface area contributed by atoms with E-state index in [9.17, 15) is 4.79 Å². The van der Waals surface area contributed by atoms with Gasteiger partial charge in [-0.2, -0.15) is 0 Å². The molecule has 0 spiro atoms. The molecule has 0 saturated heterocycles. The van der Waals surface area contributed by atoms with Crippen molar-refractivity contribution in [2.75, 3.05) is 5.75 Å². The minimum atomic E-state index is 0.0605. The smallest absolute Gasteiger partial charge is 0.267 e. The van der Waals surface area contributed by atoms with Crippen molar-refractivity contribution in [1.29, 1.82) is 0 Å². The first kappa shape index (κ1) is 18.2. The summed E-state index contributed by atoms with van der Waals surface area (Å²) in [5.74, 6) is 0.954. The first-order chi connectivity index (χ1) is 12.1. The molecule has 0 aliphatic heterocycles. The van der Waals surface area contributed by atoms with E-state index in [0.29, 0.717) is 0 Å². The lowest BCUT2D eigenvalue weighted by atomic mass is 10.1. The van der Waals surface area contributed by atoms with Crippen molar-refractivity contribution < 1.29 is 0 Å². The quantitative estimate of drug-likeness (QED) is 0.422. The van der Waals surface area contributed by atoms with Gasteiger partial charge in [0.15, 0.2) is 5.16 Å². The number of thioether (sulfide) groups is 1. The summed E-state index contributed by atoms with van der Waals surface area (Å²) in [5.41, 5.74) is 3.21. The number of benzene rings is 1. The van der Waals surface area contributed by atoms with Crippen LogP contribution in [0.2, 0.25) is 0 Å². The van der Waals surface area contributed by atoms with Crippen LogP contribution in [-0.4, -0.2) is 15.3 Å². The molecule has 0 radical (unpaired) electrons. The van der Waals surface area contributed by atoms with Crippen molar-refractivity contribution in [3.05, 3.63) is 50.6 Å². The van der Waals surface area contributed by atoms with E-state index < -0.39 is 0 Å². The summed E-state index contributed by atoms with van der Waals surface area (Å²) in [7, 11) is 0. The predicted molar refractivity (Wildman–Crippen MR) is 110 cm³/mol. The van der Waals surface area contributed by atoms with Crippen molar-refractivity contribution in [3.8, 4) is 5.69 Å². The summed E-state index contributed by atoms with van der Waals surface area (Å²) in [4.78, 5) is 20.4. The summed E-state index contributed by atoms with van der Waals surface area (Å²) >= 11 is 3.34. The van der Waals surface area contributed by atoms with Gasteiger partial charge in [-0.05, 0) is 49.9 Å². The molecule has 0 saturated carbocycles. The maximum absolute atomic E-state index is 13.4. The molecule has 1 aromatic carbocycles. The van der Waals surface area contributed by atoms with Crippen molar-refractivity contribution in [3.63, 3.8) is 0 Å². The van der Waals surface area contributed by atoms with E-state index >= 15 is 0 Å². The summed E-state index contributed by atoms with van der Waals surface area (Å²) in [5, 5.41) is 1.59. The van der Waals surface area contributed by atoms with Crippen LogP contribution in [0.4, 0.5) is 0 Å². The molecule has 132 valence electrons. The zero-order chi connectivity index (χ0) is 18.0. The molecular formula is C20H24N2OS2. The lowest BCUT2D eigenvalue weighted by molar-refractivity contribution is 0.819. The van der Waals surface area contributed by atoms with Gasteiger partial charge in [-0.3, -0.25) is 9.36 Å². The molecular weight excluding hydrogens is 348 g/mol. The van der Waals surface area contributed by atoms with Crippen LogP contribution in [0.25, 0.3) is 15.9 Å². The number of hydrogen-bond acceptors (Lipinski definition) is 4. The topological polar surface area (TPSA) is 34.9 Å². The maximum atomic E-state index is 13.4. The first-order valence-electron chi connectivity index (χ1n) is 8.81. The fourth-order valence-corrected chi connectivity index (χ4v) is 5.15. The van der Waals surface area contributed by atoms with E-state index in [-0.39, 0.29) is 5.56 Å². The van der Waals surface area contributed by atoms with E-state index in [0.717, 1.165) is 57.2 Å². The lowest BCUT2D eigenvalue weighted by Crippen LogP contribution is -2.21. The second kappa shape index (κ2) is 7.75. The van der Waals surface area contributed by atoms with Crippen molar-refractivity contribution in [2.24, 2.45) is 0 Å². The Morgan fingerprint density at radius 3 is 2.68 bits per heavy atom. The molecule has 2 aromatic heterocycles. The Hall–Kier alpha value is -1.59. The number of hydrogen-bond donors (Lipinski definition) is 0. The fourth-order valence-electron chi connectivity index (χ4n) is 2.96. The SMILES string of the molecule is CCCSc1nc2sc(CCC)c(C)c2c(=O)n1-c1cccc(C)c1. The third kappa shape index (κ3) is 3.53. The van der Waals surface area contributed by atoms with Crippen LogP contribution in [0.1, 0.15) is 42.7 Å². The molecule has 0 bridgehead atoms. The average Bonchev–Trinajstić information content (AvgIpc) is 2.89. The Bertz CT molecular complexity index is 956. The van der Waals surface area contributed by atoms with Gasteiger partial charge < -0.3 is 0 Å². The second-order valence-electron chi connectivity index (χ2n) is 6.30. The third-order valence-electron chi connectivity index (χ3n) is 4.20. The number of fused-ring (bicyclic) bond motifs is 1. The molecule has 3 rings (SSSR count). The largest absolute Gasteiger partial charge is 0.268 e. The van der Waals surface area contributed by atoms with Crippen LogP contribution in [0.15, 0.2) is 34.2 Å². The van der Waals surface area contributed by atoms with Gasteiger partial charge in [-0.15, -0.1) is 11.3 Å². The minimum absolute atomic E-state index is 0.0605. The van der Waals surface area contributed by atoms with Gasteiger partial charge in [0.1, 0.15) is 4.83 Å². The summed E-state index contributed by atoms with van der Waals surface area (Å²) < 4.78 is 1.80. The van der Waals surface area contributed by atoms with Crippen LogP contribution < -0.4 is 5.56 Å². The van der Waals surface area contributed by atoms with E-state index in [1.54, 1.807) is 27.7 Å². The Labute approximate surface area is 157 Å². The van der Waals surface area contributed by atoms with Crippen LogP contribution >= 0.6 is 23.1 Å². The second-order valence-corrected chi connectivity index (χ2v) is 8.45. The van der Waals surface area contributed by atoms with E-state index in [1.807, 2.05) is 12.1 Å². The number of aromatic nitrogens is 2. The Morgan fingerprint density at radius 2 is 2.00 bits per heavy atom. The number of thiophene rings is 1. The maximum Gasteiger partial charge on any atom is 0.267 e. The first-order valence-corrected chi connectivity index (χ1v) is 10.6. The van der Waals surface area contributed by atoms with Crippen LogP contribution in [0, 0.1) is 13.8 Å². The molecule has 25 heavy (non-hydrogen) atoms. The molecule has 3 aromatic rings. The molecule has 0 aliphatic rings. The van der Waals surface area contributed by atoms with Crippen molar-refractivity contribution >= 4 is 33.3 Å². The highest BCUT2D eigenvalue weighted by Crippen LogP contribution is 2.31.